The quantitative estimate of drug-likeness (QED) is 0.405. The predicted octanol–water partition coefficient (Wildman–Crippen LogP) is 3.67. The van der Waals surface area contributed by atoms with Gasteiger partial charge in [-0.05, 0) is 18.6 Å². The highest BCUT2D eigenvalue weighted by atomic mass is 31.2. The molecule has 25 heavy (non-hydrogen) atoms. The largest absolute Gasteiger partial charge is 0.527 e. The Morgan fingerprint density at radius 3 is 2.52 bits per heavy atom. The molecule has 8 heteroatoms. The molecule has 1 rings (SSSR count). The van der Waals surface area contributed by atoms with Crippen LogP contribution in [0.2, 0.25) is 0 Å². The lowest BCUT2D eigenvalue weighted by Gasteiger charge is -2.15. The number of nitrogens with one attached hydrogen (secondary N) is 1. The molecule has 1 amide bonds. The van der Waals surface area contributed by atoms with E-state index in [0.29, 0.717) is 12.2 Å². The maximum Gasteiger partial charge on any atom is 0.527 e. The molecule has 0 saturated heterocycles. The Morgan fingerprint density at radius 2 is 1.84 bits per heavy atom. The number of methoxy groups -OCH3 is 1. The van der Waals surface area contributed by atoms with Crippen LogP contribution in [0.25, 0.3) is 0 Å². The van der Waals surface area contributed by atoms with E-state index in [9.17, 15) is 14.3 Å². The Balaban J connectivity index is 2.23. The summed E-state index contributed by atoms with van der Waals surface area (Å²) in [5.74, 6) is 0.363. The van der Waals surface area contributed by atoms with Crippen LogP contribution in [0.15, 0.2) is 24.3 Å². The Hall–Kier alpha value is -1.56. The van der Waals surface area contributed by atoms with Gasteiger partial charge in [-0.25, -0.2) is 4.57 Å². The van der Waals surface area contributed by atoms with Crippen molar-refractivity contribution in [2.75, 3.05) is 20.3 Å². The van der Waals surface area contributed by atoms with Gasteiger partial charge in [0, 0.05) is 13.0 Å². The van der Waals surface area contributed by atoms with E-state index < -0.39 is 7.82 Å². The molecular formula is C17H28NO6P. The molecule has 1 atom stereocenters. The zero-order chi connectivity index (χ0) is 18.5. The molecule has 7 nitrogen and oxygen atoms in total. The van der Waals surface area contributed by atoms with Gasteiger partial charge < -0.3 is 14.6 Å². The van der Waals surface area contributed by atoms with Gasteiger partial charge in [0.05, 0.1) is 13.7 Å². The molecule has 1 aromatic carbocycles. The average Bonchev–Trinajstić information content (AvgIpc) is 2.59. The first-order valence-corrected chi connectivity index (χ1v) is 10.0. The standard InChI is InChI=1S/C17H28NO6P/c1-3-4-5-6-7-12-17(19)18-13-14-23-25(20,21)24-16-11-9-8-10-15(16)22-2/h8-11H,3-7,12-14H2,1-2H3,(H,18,19)(H,20,21). The van der Waals surface area contributed by atoms with Crippen molar-refractivity contribution in [1.29, 1.82) is 0 Å². The third-order valence-corrected chi connectivity index (χ3v) is 4.41. The van der Waals surface area contributed by atoms with Crippen molar-refractivity contribution < 1.29 is 28.0 Å². The number of hydrogen-bond acceptors (Lipinski definition) is 5. The molecule has 2 N–H and O–H groups in total. The number of unbranched alkanes of at least 4 members (excludes halogenated alkanes) is 4. The molecule has 0 saturated carbocycles. The summed E-state index contributed by atoms with van der Waals surface area (Å²) in [5.41, 5.74) is 0. The van der Waals surface area contributed by atoms with E-state index in [1.54, 1.807) is 18.2 Å². The van der Waals surface area contributed by atoms with Crippen LogP contribution in [0.4, 0.5) is 0 Å². The van der Waals surface area contributed by atoms with Gasteiger partial charge in [0.2, 0.25) is 5.91 Å². The minimum atomic E-state index is -4.28. The fourth-order valence-electron chi connectivity index (χ4n) is 2.17. The number of carbonyl (C=O) groups excluding carboxylic acids is 1. The van der Waals surface area contributed by atoms with Gasteiger partial charge >= 0.3 is 7.82 Å². The van der Waals surface area contributed by atoms with E-state index in [2.05, 4.69) is 12.2 Å². The molecule has 0 bridgehead atoms. The van der Waals surface area contributed by atoms with Crippen molar-refractivity contribution in [2.24, 2.45) is 0 Å². The zero-order valence-electron chi connectivity index (χ0n) is 14.9. The molecule has 1 aromatic rings. The van der Waals surface area contributed by atoms with Gasteiger partial charge in [-0.2, -0.15) is 0 Å². The second-order valence-electron chi connectivity index (χ2n) is 5.56. The Labute approximate surface area is 149 Å². The molecule has 0 aliphatic heterocycles. The van der Waals surface area contributed by atoms with Crippen molar-refractivity contribution in [2.45, 2.75) is 45.4 Å². The number of amides is 1. The number of phosphoric ester groups is 1. The molecule has 0 fully saturated rings. The molecule has 0 aliphatic carbocycles. The number of benzene rings is 1. The number of hydrogen-bond donors (Lipinski definition) is 2. The zero-order valence-corrected chi connectivity index (χ0v) is 15.8. The van der Waals surface area contributed by atoms with E-state index >= 15 is 0 Å². The van der Waals surface area contributed by atoms with Crippen LogP contribution < -0.4 is 14.6 Å². The van der Waals surface area contributed by atoms with Crippen LogP contribution in [-0.4, -0.2) is 31.1 Å². The van der Waals surface area contributed by atoms with E-state index in [1.807, 2.05) is 0 Å². The van der Waals surface area contributed by atoms with Crippen molar-refractivity contribution in [3.8, 4) is 11.5 Å². The van der Waals surface area contributed by atoms with Gasteiger partial charge in [0.25, 0.3) is 0 Å². The number of para-hydroxylation sites is 2. The smallest absolute Gasteiger partial charge is 0.493 e. The van der Waals surface area contributed by atoms with Gasteiger partial charge in [-0.3, -0.25) is 14.2 Å². The number of carbonyl (C=O) groups is 1. The lowest BCUT2D eigenvalue weighted by Crippen LogP contribution is -2.26. The fraction of sp³-hybridized carbons (Fsp3) is 0.588. The van der Waals surface area contributed by atoms with E-state index in [4.69, 9.17) is 13.8 Å². The maximum atomic E-state index is 11.9. The normalized spacial score (nSPS) is 13.1. The van der Waals surface area contributed by atoms with E-state index in [1.165, 1.54) is 26.0 Å². The van der Waals surface area contributed by atoms with Gasteiger partial charge in [0.15, 0.2) is 11.5 Å². The van der Waals surface area contributed by atoms with Crippen molar-refractivity contribution >= 4 is 13.7 Å². The summed E-state index contributed by atoms with van der Waals surface area (Å²) in [6.45, 7) is 2.17. The van der Waals surface area contributed by atoms with Gasteiger partial charge in [-0.15, -0.1) is 0 Å². The van der Waals surface area contributed by atoms with Crippen molar-refractivity contribution in [3.63, 3.8) is 0 Å². The van der Waals surface area contributed by atoms with Crippen molar-refractivity contribution in [1.82, 2.24) is 5.32 Å². The third-order valence-electron chi connectivity index (χ3n) is 3.47. The molecule has 0 radical (unpaired) electrons. The Morgan fingerprint density at radius 1 is 1.16 bits per heavy atom. The molecule has 0 heterocycles. The van der Waals surface area contributed by atoms with E-state index in [-0.39, 0.29) is 24.8 Å². The summed E-state index contributed by atoms with van der Waals surface area (Å²) < 4.78 is 26.8. The predicted molar refractivity (Wildman–Crippen MR) is 95.8 cm³/mol. The second kappa shape index (κ2) is 11.9. The molecule has 0 aromatic heterocycles. The number of rotatable bonds is 13. The highest BCUT2D eigenvalue weighted by molar-refractivity contribution is 7.47. The van der Waals surface area contributed by atoms with Crippen molar-refractivity contribution in [3.05, 3.63) is 24.3 Å². The highest BCUT2D eigenvalue weighted by Crippen LogP contribution is 2.46. The number of phosphoric acid groups is 1. The average molecular weight is 373 g/mol. The minimum Gasteiger partial charge on any atom is -0.493 e. The first-order valence-electron chi connectivity index (χ1n) is 8.55. The third kappa shape index (κ3) is 9.48. The lowest BCUT2D eigenvalue weighted by molar-refractivity contribution is -0.121. The van der Waals surface area contributed by atoms with Gasteiger partial charge in [0.1, 0.15) is 0 Å². The maximum absolute atomic E-state index is 11.9. The molecule has 0 aliphatic rings. The fourth-order valence-corrected chi connectivity index (χ4v) is 2.95. The highest BCUT2D eigenvalue weighted by Gasteiger charge is 2.24. The summed E-state index contributed by atoms with van der Waals surface area (Å²) in [4.78, 5) is 21.3. The summed E-state index contributed by atoms with van der Waals surface area (Å²) in [6, 6.07) is 6.48. The van der Waals surface area contributed by atoms with Crippen LogP contribution in [0.1, 0.15) is 45.4 Å². The van der Waals surface area contributed by atoms with Crippen LogP contribution in [0.5, 0.6) is 11.5 Å². The molecule has 0 spiro atoms. The van der Waals surface area contributed by atoms with E-state index in [0.717, 1.165) is 19.3 Å². The Bertz CT molecular complexity index is 566. The molecule has 142 valence electrons. The minimum absolute atomic E-state index is 0.0847. The summed E-state index contributed by atoms with van der Waals surface area (Å²) in [7, 11) is -2.85. The topological polar surface area (TPSA) is 94.1 Å². The summed E-state index contributed by atoms with van der Waals surface area (Å²) >= 11 is 0. The van der Waals surface area contributed by atoms with Gasteiger partial charge in [-0.1, -0.05) is 44.7 Å². The number of ether oxygens (including phenoxy) is 1. The Kier molecular flexibility index (Phi) is 10.2. The molecule has 1 unspecified atom stereocenters. The first-order chi connectivity index (χ1) is 12.0. The monoisotopic (exact) mass is 373 g/mol. The second-order valence-corrected chi connectivity index (χ2v) is 6.94. The summed E-state index contributed by atoms with van der Waals surface area (Å²) in [6.07, 6.45) is 5.84. The summed E-state index contributed by atoms with van der Waals surface area (Å²) in [5, 5.41) is 2.66. The van der Waals surface area contributed by atoms with Crippen LogP contribution in [-0.2, 0) is 13.9 Å². The molecular weight excluding hydrogens is 345 g/mol. The first kappa shape index (κ1) is 21.5. The lowest BCUT2D eigenvalue weighted by atomic mass is 10.1. The van der Waals surface area contributed by atoms with Crippen LogP contribution in [0, 0.1) is 0 Å². The van der Waals surface area contributed by atoms with Crippen LogP contribution in [0.3, 0.4) is 0 Å². The SMILES string of the molecule is CCCCCCCC(=O)NCCOP(=O)(O)Oc1ccccc1OC. The van der Waals surface area contributed by atoms with Crippen LogP contribution >= 0.6 is 7.82 Å².